The first-order chi connectivity index (χ1) is 6.39. The summed E-state index contributed by atoms with van der Waals surface area (Å²) in [4.78, 5) is -0.114. The van der Waals surface area contributed by atoms with Crippen molar-refractivity contribution in [2.45, 2.75) is 11.4 Å². The van der Waals surface area contributed by atoms with Gasteiger partial charge in [0.25, 0.3) is 10.1 Å². The van der Waals surface area contributed by atoms with Crippen LogP contribution >= 0.6 is 0 Å². The van der Waals surface area contributed by atoms with E-state index in [2.05, 4.69) is 0 Å². The van der Waals surface area contributed by atoms with Crippen molar-refractivity contribution in [1.29, 1.82) is 0 Å². The Kier molecular flexibility index (Phi) is 3.22. The maximum Gasteiger partial charge on any atom is 0.294 e. The molecule has 78 valence electrons. The molecule has 1 aromatic rings. The Morgan fingerprint density at radius 3 is 2.64 bits per heavy atom. The standard InChI is InChI=1S/C8H12N2O3S/c1-10(9)6-7-3-2-4-8(5-7)14(11,12)13/h2-5H,6,9H2,1H3,(H,11,12,13). The van der Waals surface area contributed by atoms with Crippen LogP contribution in [0.25, 0.3) is 0 Å². The lowest BCUT2D eigenvalue weighted by molar-refractivity contribution is 0.341. The fourth-order valence-corrected chi connectivity index (χ4v) is 1.64. The Balaban J connectivity index is 3.02. The van der Waals surface area contributed by atoms with Gasteiger partial charge >= 0.3 is 0 Å². The van der Waals surface area contributed by atoms with Gasteiger partial charge in [0.2, 0.25) is 0 Å². The summed E-state index contributed by atoms with van der Waals surface area (Å²) in [6.45, 7) is 0.420. The molecular weight excluding hydrogens is 204 g/mol. The minimum Gasteiger partial charge on any atom is -0.282 e. The Hall–Kier alpha value is -0.950. The van der Waals surface area contributed by atoms with E-state index in [0.29, 0.717) is 6.54 Å². The van der Waals surface area contributed by atoms with Crippen LogP contribution in [0.1, 0.15) is 5.56 Å². The number of rotatable bonds is 3. The molecule has 0 aromatic heterocycles. The van der Waals surface area contributed by atoms with Crippen molar-refractivity contribution in [3.63, 3.8) is 0 Å². The average Bonchev–Trinajstić information content (AvgIpc) is 2.01. The van der Waals surface area contributed by atoms with Crippen molar-refractivity contribution in [3.05, 3.63) is 29.8 Å². The summed E-state index contributed by atoms with van der Waals surface area (Å²) in [6.07, 6.45) is 0. The lowest BCUT2D eigenvalue weighted by atomic mass is 10.2. The molecule has 0 aliphatic carbocycles. The van der Waals surface area contributed by atoms with E-state index in [1.807, 2.05) is 0 Å². The van der Waals surface area contributed by atoms with Crippen LogP contribution in [0.5, 0.6) is 0 Å². The van der Waals surface area contributed by atoms with Gasteiger partial charge in [0.1, 0.15) is 0 Å². The third kappa shape index (κ3) is 3.08. The maximum atomic E-state index is 10.8. The zero-order valence-electron chi connectivity index (χ0n) is 7.71. The highest BCUT2D eigenvalue weighted by Crippen LogP contribution is 2.11. The molecule has 0 radical (unpaired) electrons. The van der Waals surface area contributed by atoms with Crippen LogP contribution in [-0.4, -0.2) is 25.0 Å². The van der Waals surface area contributed by atoms with E-state index in [9.17, 15) is 8.42 Å². The summed E-state index contributed by atoms with van der Waals surface area (Å²) >= 11 is 0. The van der Waals surface area contributed by atoms with E-state index >= 15 is 0 Å². The van der Waals surface area contributed by atoms with Gasteiger partial charge in [-0.1, -0.05) is 12.1 Å². The van der Waals surface area contributed by atoms with E-state index in [-0.39, 0.29) is 4.90 Å². The highest BCUT2D eigenvalue weighted by atomic mass is 32.2. The molecule has 0 amide bonds. The van der Waals surface area contributed by atoms with Gasteiger partial charge in [0, 0.05) is 13.6 Å². The largest absolute Gasteiger partial charge is 0.294 e. The molecule has 3 N–H and O–H groups in total. The molecule has 0 aliphatic heterocycles. The number of hydrazine groups is 1. The van der Waals surface area contributed by atoms with Crippen LogP contribution < -0.4 is 5.84 Å². The van der Waals surface area contributed by atoms with Gasteiger partial charge in [-0.15, -0.1) is 0 Å². The Morgan fingerprint density at radius 1 is 1.50 bits per heavy atom. The Labute approximate surface area is 82.9 Å². The van der Waals surface area contributed by atoms with E-state index in [1.54, 1.807) is 19.2 Å². The topological polar surface area (TPSA) is 83.6 Å². The Morgan fingerprint density at radius 2 is 2.14 bits per heavy atom. The van der Waals surface area contributed by atoms with Crippen LogP contribution in [0.2, 0.25) is 0 Å². The smallest absolute Gasteiger partial charge is 0.282 e. The average molecular weight is 216 g/mol. The highest BCUT2D eigenvalue weighted by molar-refractivity contribution is 7.85. The van der Waals surface area contributed by atoms with Crippen molar-refractivity contribution in [1.82, 2.24) is 5.01 Å². The molecule has 0 fully saturated rings. The van der Waals surface area contributed by atoms with Crippen molar-refractivity contribution < 1.29 is 13.0 Å². The molecule has 0 atom stereocenters. The molecule has 0 heterocycles. The van der Waals surface area contributed by atoms with Gasteiger partial charge < -0.3 is 0 Å². The molecule has 5 nitrogen and oxygen atoms in total. The van der Waals surface area contributed by atoms with Crippen LogP contribution in [0.3, 0.4) is 0 Å². The molecule has 0 saturated carbocycles. The first-order valence-electron chi connectivity index (χ1n) is 3.92. The summed E-state index contributed by atoms with van der Waals surface area (Å²) in [7, 11) is -2.45. The van der Waals surface area contributed by atoms with Crippen molar-refractivity contribution in [3.8, 4) is 0 Å². The minimum absolute atomic E-state index is 0.114. The summed E-state index contributed by atoms with van der Waals surface area (Å²) in [5.41, 5.74) is 0.727. The summed E-state index contributed by atoms with van der Waals surface area (Å²) in [5, 5.41) is 1.42. The fourth-order valence-electron chi connectivity index (χ4n) is 1.09. The van der Waals surface area contributed by atoms with E-state index in [0.717, 1.165) is 5.56 Å². The second-order valence-electron chi connectivity index (χ2n) is 3.04. The second-order valence-corrected chi connectivity index (χ2v) is 4.46. The van der Waals surface area contributed by atoms with Crippen molar-refractivity contribution in [2.24, 2.45) is 5.84 Å². The van der Waals surface area contributed by atoms with Gasteiger partial charge in [-0.25, -0.2) is 5.01 Å². The van der Waals surface area contributed by atoms with Crippen molar-refractivity contribution >= 4 is 10.1 Å². The van der Waals surface area contributed by atoms with E-state index in [1.165, 1.54) is 17.1 Å². The normalized spacial score (nSPS) is 12.0. The highest BCUT2D eigenvalue weighted by Gasteiger charge is 2.09. The number of nitrogens with zero attached hydrogens (tertiary/aromatic N) is 1. The van der Waals surface area contributed by atoms with Crippen LogP contribution in [-0.2, 0) is 16.7 Å². The lowest BCUT2D eigenvalue weighted by Crippen LogP contribution is -2.25. The lowest BCUT2D eigenvalue weighted by Gasteiger charge is -2.09. The van der Waals surface area contributed by atoms with Gasteiger partial charge in [-0.05, 0) is 17.7 Å². The monoisotopic (exact) mass is 216 g/mol. The third-order valence-corrected chi connectivity index (χ3v) is 2.48. The third-order valence-electron chi connectivity index (χ3n) is 1.63. The first kappa shape index (κ1) is 11.1. The Bertz CT molecular complexity index is 414. The SMILES string of the molecule is CN(N)Cc1cccc(S(=O)(=O)O)c1. The van der Waals surface area contributed by atoms with Gasteiger partial charge in [-0.2, -0.15) is 8.42 Å². The zero-order chi connectivity index (χ0) is 10.8. The minimum atomic E-state index is -4.12. The fraction of sp³-hybridized carbons (Fsp3) is 0.250. The first-order valence-corrected chi connectivity index (χ1v) is 5.36. The molecule has 0 saturated heterocycles. The summed E-state index contributed by atoms with van der Waals surface area (Å²) < 4.78 is 30.3. The number of hydrogen-bond acceptors (Lipinski definition) is 4. The van der Waals surface area contributed by atoms with Crippen molar-refractivity contribution in [2.75, 3.05) is 7.05 Å². The quantitative estimate of drug-likeness (QED) is 0.429. The van der Waals surface area contributed by atoms with Gasteiger partial charge in [0.05, 0.1) is 4.90 Å². The molecule has 0 bridgehead atoms. The number of nitrogens with two attached hydrogens (primary N) is 1. The van der Waals surface area contributed by atoms with Gasteiger partial charge in [-0.3, -0.25) is 10.4 Å². The predicted octanol–water partition coefficient (Wildman–Crippen LogP) is 0.239. The van der Waals surface area contributed by atoms with Crippen LogP contribution in [0.4, 0.5) is 0 Å². The zero-order valence-corrected chi connectivity index (χ0v) is 8.53. The van der Waals surface area contributed by atoms with Gasteiger partial charge in [0.15, 0.2) is 0 Å². The van der Waals surface area contributed by atoms with E-state index < -0.39 is 10.1 Å². The number of hydrogen-bond donors (Lipinski definition) is 2. The molecular formula is C8H12N2O3S. The van der Waals surface area contributed by atoms with Crippen LogP contribution in [0, 0.1) is 0 Å². The molecule has 0 spiro atoms. The molecule has 6 heteroatoms. The molecule has 14 heavy (non-hydrogen) atoms. The maximum absolute atomic E-state index is 10.8. The molecule has 1 rings (SSSR count). The predicted molar refractivity (Wildman–Crippen MR) is 51.9 cm³/mol. The summed E-state index contributed by atoms with van der Waals surface area (Å²) in [6, 6.07) is 6.01. The summed E-state index contributed by atoms with van der Waals surface area (Å²) in [5.74, 6) is 5.40. The molecule has 0 unspecified atom stereocenters. The number of benzene rings is 1. The van der Waals surface area contributed by atoms with E-state index in [4.69, 9.17) is 10.4 Å². The second kappa shape index (κ2) is 4.05. The molecule has 1 aromatic carbocycles. The molecule has 0 aliphatic rings. The van der Waals surface area contributed by atoms with Crippen LogP contribution in [0.15, 0.2) is 29.2 Å².